The highest BCUT2D eigenvalue weighted by Crippen LogP contribution is 2.28. The first-order valence-corrected chi connectivity index (χ1v) is 8.85. The molecule has 0 fully saturated rings. The number of nitrogens with zero attached hydrogens (tertiary/aromatic N) is 2. The molecule has 0 bridgehead atoms. The van der Waals surface area contributed by atoms with Gasteiger partial charge in [-0.2, -0.15) is 0 Å². The number of hydrogen-bond acceptors (Lipinski definition) is 6. The van der Waals surface area contributed by atoms with Gasteiger partial charge in [0, 0.05) is 17.8 Å². The predicted molar refractivity (Wildman–Crippen MR) is 93.8 cm³/mol. The van der Waals surface area contributed by atoms with Crippen LogP contribution in [0.1, 0.15) is 17.5 Å². The van der Waals surface area contributed by atoms with Crippen LogP contribution >= 0.6 is 11.3 Å². The molecule has 0 unspecified atom stereocenters. The lowest BCUT2D eigenvalue weighted by Gasteiger charge is -2.26. The predicted octanol–water partition coefficient (Wildman–Crippen LogP) is 2.68. The summed E-state index contributed by atoms with van der Waals surface area (Å²) in [5, 5.41) is 3.11. The van der Waals surface area contributed by atoms with Gasteiger partial charge in [0.1, 0.15) is 5.75 Å². The zero-order valence-corrected chi connectivity index (χ0v) is 14.7. The number of rotatable bonds is 5. The van der Waals surface area contributed by atoms with E-state index in [1.165, 1.54) is 11.3 Å². The van der Waals surface area contributed by atoms with E-state index in [0.717, 1.165) is 10.6 Å². The molecule has 1 N–H and O–H groups in total. The molecule has 25 heavy (non-hydrogen) atoms. The molecule has 2 amide bonds. The number of anilines is 1. The molecule has 3 rings (SSSR count). The van der Waals surface area contributed by atoms with Gasteiger partial charge in [-0.1, -0.05) is 29.5 Å². The number of fused-ring (bicyclic) bond motifs is 1. The zero-order chi connectivity index (χ0) is 17.6. The molecule has 0 atom stereocenters. The molecule has 1 aromatic carbocycles. The molecule has 0 radical (unpaired) electrons. The molecule has 8 heteroatoms. The highest BCUT2D eigenvalue weighted by Gasteiger charge is 2.25. The topological polar surface area (TPSA) is 80.8 Å². The summed E-state index contributed by atoms with van der Waals surface area (Å²) in [6.45, 7) is 3.13. The molecule has 132 valence electrons. The van der Waals surface area contributed by atoms with Crippen molar-refractivity contribution in [1.29, 1.82) is 0 Å². The molecule has 2 heterocycles. The van der Waals surface area contributed by atoms with Crippen LogP contribution in [0.5, 0.6) is 5.75 Å². The van der Waals surface area contributed by atoms with E-state index in [2.05, 4.69) is 10.3 Å². The Hall–Kier alpha value is -2.61. The van der Waals surface area contributed by atoms with Crippen LogP contribution in [0.25, 0.3) is 0 Å². The Bertz CT molecular complexity index is 748. The van der Waals surface area contributed by atoms with Crippen LogP contribution in [0.2, 0.25) is 0 Å². The zero-order valence-electron chi connectivity index (χ0n) is 13.9. The smallest absolute Gasteiger partial charge is 0.413 e. The van der Waals surface area contributed by atoms with Crippen molar-refractivity contribution in [1.82, 2.24) is 9.88 Å². The molecule has 7 nitrogen and oxygen atoms in total. The number of carbonyl (C=O) groups is 2. The maximum atomic E-state index is 12.3. The highest BCUT2D eigenvalue weighted by molar-refractivity contribution is 7.15. The Labute approximate surface area is 149 Å². The van der Waals surface area contributed by atoms with Gasteiger partial charge in [-0.15, -0.1) is 0 Å². The van der Waals surface area contributed by atoms with Crippen LogP contribution < -0.4 is 10.1 Å². The van der Waals surface area contributed by atoms with Crippen LogP contribution in [-0.4, -0.2) is 41.6 Å². The van der Waals surface area contributed by atoms with Gasteiger partial charge in [-0.3, -0.25) is 10.1 Å². The van der Waals surface area contributed by atoms with Gasteiger partial charge in [0.05, 0.1) is 18.8 Å². The molecule has 1 aliphatic rings. The third kappa shape index (κ3) is 4.48. The molecule has 1 aliphatic heterocycles. The molecule has 0 spiro atoms. The molecule has 0 aliphatic carbocycles. The lowest BCUT2D eigenvalue weighted by atomic mass is 10.2. The number of benzene rings is 1. The quantitative estimate of drug-likeness (QED) is 0.885. The van der Waals surface area contributed by atoms with Crippen LogP contribution in [0.3, 0.4) is 0 Å². The average Bonchev–Trinajstić information content (AvgIpc) is 3.02. The monoisotopic (exact) mass is 361 g/mol. The van der Waals surface area contributed by atoms with E-state index < -0.39 is 6.09 Å². The summed E-state index contributed by atoms with van der Waals surface area (Å²) in [4.78, 5) is 30.9. The fraction of sp³-hybridized carbons (Fsp3) is 0.353. The van der Waals surface area contributed by atoms with E-state index in [0.29, 0.717) is 37.0 Å². The van der Waals surface area contributed by atoms with Crippen molar-refractivity contribution in [2.24, 2.45) is 0 Å². The summed E-state index contributed by atoms with van der Waals surface area (Å²) < 4.78 is 10.4. The summed E-state index contributed by atoms with van der Waals surface area (Å²) in [5.41, 5.74) is 0.921. The van der Waals surface area contributed by atoms with Gasteiger partial charge in [0.25, 0.3) is 5.91 Å². The Morgan fingerprint density at radius 1 is 1.32 bits per heavy atom. The summed E-state index contributed by atoms with van der Waals surface area (Å²) in [5.74, 6) is 0.607. The largest absolute Gasteiger partial charge is 0.484 e. The van der Waals surface area contributed by atoms with Crippen LogP contribution in [0, 0.1) is 0 Å². The Morgan fingerprint density at radius 3 is 2.88 bits per heavy atom. The lowest BCUT2D eigenvalue weighted by molar-refractivity contribution is -0.134. The van der Waals surface area contributed by atoms with E-state index in [-0.39, 0.29) is 12.5 Å². The highest BCUT2D eigenvalue weighted by atomic mass is 32.1. The second-order valence-corrected chi connectivity index (χ2v) is 6.49. The summed E-state index contributed by atoms with van der Waals surface area (Å²) >= 11 is 1.37. The summed E-state index contributed by atoms with van der Waals surface area (Å²) in [6.07, 6.45) is 0.144. The third-order valence-electron chi connectivity index (χ3n) is 3.67. The van der Waals surface area contributed by atoms with E-state index in [1.807, 2.05) is 30.3 Å². The van der Waals surface area contributed by atoms with Gasteiger partial charge < -0.3 is 14.4 Å². The Morgan fingerprint density at radius 2 is 2.12 bits per heavy atom. The standard InChI is InChI=1S/C17H19N3O4S/c1-2-23-17(22)19-16-18-13-8-9-20(10-14(13)25-16)15(21)11-24-12-6-4-3-5-7-12/h3-7H,2,8-11H2,1H3,(H,18,19,22). The molecule has 2 aromatic rings. The van der Waals surface area contributed by atoms with Crippen LogP contribution in [0.15, 0.2) is 30.3 Å². The molecule has 1 aromatic heterocycles. The fourth-order valence-corrected chi connectivity index (χ4v) is 3.48. The minimum atomic E-state index is -0.516. The number of hydrogen-bond donors (Lipinski definition) is 1. The lowest BCUT2D eigenvalue weighted by Crippen LogP contribution is -2.38. The first kappa shape index (κ1) is 17.2. The van der Waals surface area contributed by atoms with Crippen molar-refractivity contribution in [3.05, 3.63) is 40.9 Å². The molecule has 0 saturated heterocycles. The SMILES string of the molecule is CCOC(=O)Nc1nc2c(s1)CN(C(=O)COc1ccccc1)CC2. The molecule has 0 saturated carbocycles. The second-order valence-electron chi connectivity index (χ2n) is 5.40. The first-order valence-electron chi connectivity index (χ1n) is 8.03. The minimum Gasteiger partial charge on any atom is -0.484 e. The Kier molecular flexibility index (Phi) is 5.49. The maximum Gasteiger partial charge on any atom is 0.413 e. The molecular formula is C17H19N3O4S. The second kappa shape index (κ2) is 7.98. The number of carbonyl (C=O) groups excluding carboxylic acids is 2. The van der Waals surface area contributed by atoms with Gasteiger partial charge in [0.2, 0.25) is 0 Å². The van der Waals surface area contributed by atoms with Gasteiger partial charge >= 0.3 is 6.09 Å². The molecular weight excluding hydrogens is 342 g/mol. The van der Waals surface area contributed by atoms with E-state index >= 15 is 0 Å². The van der Waals surface area contributed by atoms with Gasteiger partial charge in [-0.25, -0.2) is 9.78 Å². The number of aromatic nitrogens is 1. The normalized spacial score (nSPS) is 13.1. The minimum absolute atomic E-state index is 0.00604. The van der Waals surface area contributed by atoms with E-state index in [4.69, 9.17) is 9.47 Å². The van der Waals surface area contributed by atoms with Crippen molar-refractivity contribution in [2.45, 2.75) is 19.9 Å². The number of ether oxygens (including phenoxy) is 2. The maximum absolute atomic E-state index is 12.3. The number of thiazole rings is 1. The van der Waals surface area contributed by atoms with Crippen LogP contribution in [0.4, 0.5) is 9.93 Å². The van der Waals surface area contributed by atoms with E-state index in [1.54, 1.807) is 11.8 Å². The summed E-state index contributed by atoms with van der Waals surface area (Å²) in [7, 11) is 0. The van der Waals surface area contributed by atoms with Gasteiger partial charge in [0.15, 0.2) is 11.7 Å². The number of para-hydroxylation sites is 1. The van der Waals surface area contributed by atoms with E-state index in [9.17, 15) is 9.59 Å². The van der Waals surface area contributed by atoms with Crippen molar-refractivity contribution in [2.75, 3.05) is 25.1 Å². The van der Waals surface area contributed by atoms with Gasteiger partial charge in [-0.05, 0) is 19.1 Å². The fourth-order valence-electron chi connectivity index (χ4n) is 2.47. The van der Waals surface area contributed by atoms with Crippen molar-refractivity contribution >= 4 is 28.5 Å². The first-order chi connectivity index (χ1) is 12.2. The van der Waals surface area contributed by atoms with Crippen LogP contribution in [-0.2, 0) is 22.5 Å². The summed E-state index contributed by atoms with van der Waals surface area (Å²) in [6, 6.07) is 9.26. The van der Waals surface area contributed by atoms with Crippen molar-refractivity contribution in [3.63, 3.8) is 0 Å². The number of amides is 2. The van der Waals surface area contributed by atoms with Crippen molar-refractivity contribution in [3.8, 4) is 5.75 Å². The average molecular weight is 361 g/mol. The number of nitrogens with one attached hydrogen (secondary N) is 1. The Balaban J connectivity index is 1.56. The van der Waals surface area contributed by atoms with Crippen molar-refractivity contribution < 1.29 is 19.1 Å². The third-order valence-corrected chi connectivity index (χ3v) is 4.67.